The third-order valence-corrected chi connectivity index (χ3v) is 9.85. The van der Waals surface area contributed by atoms with Crippen LogP contribution in [-0.2, 0) is 23.8 Å². The van der Waals surface area contributed by atoms with Crippen molar-refractivity contribution in [2.45, 2.75) is 232 Å². The second kappa shape index (κ2) is 45.3. The van der Waals surface area contributed by atoms with Crippen molar-refractivity contribution in [2.24, 2.45) is 0 Å². The van der Waals surface area contributed by atoms with E-state index in [2.05, 4.69) is 69.4 Å². The zero-order valence-electron chi connectivity index (χ0n) is 36.0. The van der Waals surface area contributed by atoms with Crippen molar-refractivity contribution >= 4 is 11.9 Å². The number of ether oxygens (including phenoxy) is 3. The lowest BCUT2D eigenvalue weighted by Gasteiger charge is -2.18. The number of esters is 2. The number of hydrogen-bond donors (Lipinski definition) is 0. The largest absolute Gasteiger partial charge is 0.462 e. The number of hydrogen-bond acceptors (Lipinski definition) is 5. The van der Waals surface area contributed by atoms with Gasteiger partial charge in [0.25, 0.3) is 0 Å². The van der Waals surface area contributed by atoms with Crippen molar-refractivity contribution in [1.29, 1.82) is 0 Å². The van der Waals surface area contributed by atoms with Crippen LogP contribution in [0, 0.1) is 0 Å². The summed E-state index contributed by atoms with van der Waals surface area (Å²) < 4.78 is 17.3. The predicted octanol–water partition coefficient (Wildman–Crippen LogP) is 15.2. The van der Waals surface area contributed by atoms with Gasteiger partial charge in [-0.25, -0.2) is 0 Å². The molecule has 0 aromatic heterocycles. The van der Waals surface area contributed by atoms with Crippen LogP contribution in [0.1, 0.15) is 226 Å². The maximum absolute atomic E-state index is 12.7. The summed E-state index contributed by atoms with van der Waals surface area (Å²) in [4.78, 5) is 25.2. The fraction of sp³-hybridized carbons (Fsp3) is 0.796. The molecule has 0 aliphatic heterocycles. The topological polar surface area (TPSA) is 61.8 Å². The SMILES string of the molecule is CC/C=C\C/C=C\C/C=C\CCCCCC(=O)OCC(COCCCCCCCC/C=C\CCCCCC)OC(=O)CCCCCCCCCCCCC. The molecule has 0 spiro atoms. The molecule has 0 aromatic carbocycles. The molecule has 0 saturated carbocycles. The first-order chi connectivity index (χ1) is 26.6. The van der Waals surface area contributed by atoms with E-state index in [4.69, 9.17) is 14.2 Å². The molecule has 0 aromatic rings. The molecular weight excluding hydrogens is 669 g/mol. The first-order valence-electron chi connectivity index (χ1n) is 23.2. The van der Waals surface area contributed by atoms with Crippen molar-refractivity contribution in [3.63, 3.8) is 0 Å². The quantitative estimate of drug-likeness (QED) is 0.0353. The monoisotopic (exact) mass is 757 g/mol. The second-order valence-corrected chi connectivity index (χ2v) is 15.3. The fourth-order valence-electron chi connectivity index (χ4n) is 6.40. The van der Waals surface area contributed by atoms with Crippen molar-refractivity contribution < 1.29 is 23.8 Å². The van der Waals surface area contributed by atoms with Gasteiger partial charge in [0.05, 0.1) is 6.61 Å². The molecule has 0 aliphatic carbocycles. The molecule has 1 unspecified atom stereocenters. The van der Waals surface area contributed by atoms with Crippen LogP contribution in [0.4, 0.5) is 0 Å². The van der Waals surface area contributed by atoms with Crippen molar-refractivity contribution in [2.75, 3.05) is 19.8 Å². The average Bonchev–Trinajstić information content (AvgIpc) is 3.17. The van der Waals surface area contributed by atoms with Crippen LogP contribution >= 0.6 is 0 Å². The molecule has 0 bridgehead atoms. The Morgan fingerprint density at radius 1 is 0.426 bits per heavy atom. The zero-order valence-corrected chi connectivity index (χ0v) is 36.0. The smallest absolute Gasteiger partial charge is 0.306 e. The minimum absolute atomic E-state index is 0.0699. The van der Waals surface area contributed by atoms with Gasteiger partial charge in [-0.3, -0.25) is 9.59 Å². The zero-order chi connectivity index (χ0) is 39.3. The highest BCUT2D eigenvalue weighted by Gasteiger charge is 2.17. The number of carbonyl (C=O) groups is 2. The maximum Gasteiger partial charge on any atom is 0.306 e. The summed E-state index contributed by atoms with van der Waals surface area (Å²) in [5.74, 6) is -0.430. The highest BCUT2D eigenvalue weighted by molar-refractivity contribution is 5.70. The molecule has 0 amide bonds. The Labute approximate surface area is 335 Å². The van der Waals surface area contributed by atoms with Crippen LogP contribution in [0.2, 0.25) is 0 Å². The van der Waals surface area contributed by atoms with E-state index >= 15 is 0 Å². The Bertz CT molecular complexity index is 904. The summed E-state index contributed by atoms with van der Waals surface area (Å²) in [5, 5.41) is 0. The summed E-state index contributed by atoms with van der Waals surface area (Å²) in [5.41, 5.74) is 0. The molecule has 0 aliphatic rings. The maximum atomic E-state index is 12.7. The number of allylic oxidation sites excluding steroid dienone is 8. The third kappa shape index (κ3) is 42.6. The Balaban J connectivity index is 4.29. The summed E-state index contributed by atoms with van der Waals surface area (Å²) in [6.45, 7) is 7.66. The molecule has 0 fully saturated rings. The van der Waals surface area contributed by atoms with E-state index in [9.17, 15) is 9.59 Å². The molecular formula is C49H88O5. The summed E-state index contributed by atoms with van der Waals surface area (Å²) in [6.07, 6.45) is 53.9. The highest BCUT2D eigenvalue weighted by atomic mass is 16.6. The molecule has 0 saturated heterocycles. The number of carbonyl (C=O) groups excluding carboxylic acids is 2. The Kier molecular flexibility index (Phi) is 43.5. The summed E-state index contributed by atoms with van der Waals surface area (Å²) in [7, 11) is 0. The van der Waals surface area contributed by atoms with Gasteiger partial charge in [-0.05, 0) is 77.0 Å². The van der Waals surface area contributed by atoms with Gasteiger partial charge < -0.3 is 14.2 Å². The average molecular weight is 757 g/mol. The Hall–Kier alpha value is -2.14. The van der Waals surface area contributed by atoms with E-state index in [1.165, 1.54) is 122 Å². The van der Waals surface area contributed by atoms with Crippen LogP contribution in [-0.4, -0.2) is 37.9 Å². The van der Waals surface area contributed by atoms with Gasteiger partial charge in [-0.15, -0.1) is 0 Å². The van der Waals surface area contributed by atoms with E-state index in [1.54, 1.807) is 0 Å². The van der Waals surface area contributed by atoms with Gasteiger partial charge in [0.2, 0.25) is 0 Å². The minimum atomic E-state index is -0.546. The fourth-order valence-corrected chi connectivity index (χ4v) is 6.40. The van der Waals surface area contributed by atoms with Crippen molar-refractivity contribution in [3.8, 4) is 0 Å². The lowest BCUT2D eigenvalue weighted by Crippen LogP contribution is -2.30. The summed E-state index contributed by atoms with van der Waals surface area (Å²) in [6, 6.07) is 0. The molecule has 0 rings (SSSR count). The highest BCUT2D eigenvalue weighted by Crippen LogP contribution is 2.14. The molecule has 54 heavy (non-hydrogen) atoms. The van der Waals surface area contributed by atoms with Gasteiger partial charge >= 0.3 is 11.9 Å². The number of unbranched alkanes of at least 4 members (excludes halogenated alkanes) is 23. The molecule has 314 valence electrons. The van der Waals surface area contributed by atoms with Gasteiger partial charge in [-0.2, -0.15) is 0 Å². The molecule has 5 heteroatoms. The summed E-state index contributed by atoms with van der Waals surface area (Å²) >= 11 is 0. The normalized spacial score (nSPS) is 12.6. The minimum Gasteiger partial charge on any atom is -0.462 e. The standard InChI is InChI=1S/C49H88O5/c1-4-7-10-13-16-19-22-24-26-29-32-35-38-41-44-52-45-47(54-49(51)43-40-37-34-31-27-21-18-15-12-9-6-3)46-53-48(50)42-39-36-33-30-28-25-23-20-17-14-11-8-5-2/h8,11,17,19-20,22,25,28,47H,4-7,9-10,12-16,18,21,23-24,26-27,29-46H2,1-3H3/b11-8-,20-17-,22-19-,28-25-. The molecule has 1 atom stereocenters. The van der Waals surface area contributed by atoms with E-state index < -0.39 is 6.10 Å². The van der Waals surface area contributed by atoms with Gasteiger partial charge in [-0.1, -0.05) is 185 Å². The second-order valence-electron chi connectivity index (χ2n) is 15.3. The Morgan fingerprint density at radius 3 is 1.39 bits per heavy atom. The third-order valence-electron chi connectivity index (χ3n) is 9.85. The first-order valence-corrected chi connectivity index (χ1v) is 23.2. The van der Waals surface area contributed by atoms with Gasteiger partial charge in [0.15, 0.2) is 6.10 Å². The van der Waals surface area contributed by atoms with Crippen LogP contribution in [0.25, 0.3) is 0 Å². The molecule has 0 N–H and O–H groups in total. The van der Waals surface area contributed by atoms with Crippen molar-refractivity contribution in [1.82, 2.24) is 0 Å². The van der Waals surface area contributed by atoms with E-state index in [0.29, 0.717) is 19.4 Å². The van der Waals surface area contributed by atoms with Crippen LogP contribution in [0.5, 0.6) is 0 Å². The first kappa shape index (κ1) is 51.9. The van der Waals surface area contributed by atoms with E-state index in [1.807, 2.05) is 0 Å². The lowest BCUT2D eigenvalue weighted by atomic mass is 10.1. The van der Waals surface area contributed by atoms with Crippen molar-refractivity contribution in [3.05, 3.63) is 48.6 Å². The number of rotatable bonds is 42. The van der Waals surface area contributed by atoms with E-state index in [-0.39, 0.29) is 25.2 Å². The molecule has 0 heterocycles. The predicted molar refractivity (Wildman–Crippen MR) is 233 cm³/mol. The van der Waals surface area contributed by atoms with Crippen LogP contribution < -0.4 is 0 Å². The van der Waals surface area contributed by atoms with E-state index in [0.717, 1.165) is 70.6 Å². The van der Waals surface area contributed by atoms with Crippen LogP contribution in [0.15, 0.2) is 48.6 Å². The van der Waals surface area contributed by atoms with Gasteiger partial charge in [0.1, 0.15) is 6.61 Å². The lowest BCUT2D eigenvalue weighted by molar-refractivity contribution is -0.163. The molecule has 0 radical (unpaired) electrons. The van der Waals surface area contributed by atoms with Gasteiger partial charge in [0, 0.05) is 19.4 Å². The molecule has 5 nitrogen and oxygen atoms in total. The Morgan fingerprint density at radius 2 is 0.833 bits per heavy atom. The van der Waals surface area contributed by atoms with Crippen LogP contribution in [0.3, 0.4) is 0 Å².